The quantitative estimate of drug-likeness (QED) is 0.588. The van der Waals surface area contributed by atoms with Crippen LogP contribution in [-0.2, 0) is 0 Å². The lowest BCUT2D eigenvalue weighted by molar-refractivity contribution is -0.385. The first-order chi connectivity index (χ1) is 7.20. The molecule has 0 saturated carbocycles. The van der Waals surface area contributed by atoms with Crippen LogP contribution in [0.2, 0.25) is 0 Å². The Hall–Kier alpha value is -1.30. The molecule has 1 aliphatic heterocycles. The molecular weight excluding hydrogens is 232 g/mol. The van der Waals surface area contributed by atoms with E-state index in [4.69, 9.17) is 0 Å². The third kappa shape index (κ3) is 2.27. The standard InChI is InChI=1S/C9H14N4O2.ClH/c1-8-9(13(14)15)7-10-12(8)11-5-3-2-4-6-11;/h7H,2-6H2,1H3;1H. The topological polar surface area (TPSA) is 64.2 Å². The molecule has 0 aromatic carbocycles. The Morgan fingerprint density at radius 1 is 1.38 bits per heavy atom. The highest BCUT2D eigenvalue weighted by Crippen LogP contribution is 2.18. The van der Waals surface area contributed by atoms with Crippen LogP contribution in [0, 0.1) is 17.0 Å². The summed E-state index contributed by atoms with van der Waals surface area (Å²) in [7, 11) is 0. The van der Waals surface area contributed by atoms with Crippen molar-refractivity contribution < 1.29 is 4.92 Å². The molecule has 1 fully saturated rings. The lowest BCUT2D eigenvalue weighted by Gasteiger charge is -2.28. The summed E-state index contributed by atoms with van der Waals surface area (Å²) in [6.07, 6.45) is 4.82. The van der Waals surface area contributed by atoms with Crippen LogP contribution in [-0.4, -0.2) is 27.9 Å². The molecule has 6 nitrogen and oxygen atoms in total. The Labute approximate surface area is 99.8 Å². The Morgan fingerprint density at radius 2 is 2.00 bits per heavy atom. The number of aromatic nitrogens is 2. The van der Waals surface area contributed by atoms with Gasteiger partial charge in [-0.2, -0.15) is 9.89 Å². The van der Waals surface area contributed by atoms with Crippen molar-refractivity contribution in [1.29, 1.82) is 0 Å². The molecule has 2 heterocycles. The van der Waals surface area contributed by atoms with Gasteiger partial charge in [-0.25, -0.2) is 0 Å². The first-order valence-electron chi connectivity index (χ1n) is 5.14. The second-order valence-electron chi connectivity index (χ2n) is 3.78. The summed E-state index contributed by atoms with van der Waals surface area (Å²) in [4.78, 5) is 11.9. The molecule has 0 amide bonds. The van der Waals surface area contributed by atoms with E-state index < -0.39 is 0 Å². The van der Waals surface area contributed by atoms with Crippen molar-refractivity contribution in [1.82, 2.24) is 9.89 Å². The summed E-state index contributed by atoms with van der Waals surface area (Å²) in [5, 5.41) is 16.8. The van der Waals surface area contributed by atoms with Crippen molar-refractivity contribution in [3.05, 3.63) is 22.0 Å². The highest BCUT2D eigenvalue weighted by Gasteiger charge is 2.20. The number of rotatable bonds is 2. The van der Waals surface area contributed by atoms with Crippen molar-refractivity contribution in [2.75, 3.05) is 18.1 Å². The molecule has 90 valence electrons. The molecule has 2 rings (SSSR count). The van der Waals surface area contributed by atoms with Gasteiger partial charge in [0.2, 0.25) is 0 Å². The molecule has 0 spiro atoms. The molecule has 16 heavy (non-hydrogen) atoms. The average Bonchev–Trinajstić information content (AvgIpc) is 2.61. The SMILES string of the molecule is Cc1c([N+](=O)[O-])cnn1N1CCCCC1.Cl. The molecule has 0 aliphatic carbocycles. The average molecular weight is 247 g/mol. The maximum atomic E-state index is 10.7. The van der Waals surface area contributed by atoms with Crippen LogP contribution in [0.5, 0.6) is 0 Å². The summed E-state index contributed by atoms with van der Waals surface area (Å²) < 4.78 is 0. The van der Waals surface area contributed by atoms with Crippen LogP contribution < -0.4 is 5.01 Å². The van der Waals surface area contributed by atoms with E-state index in [2.05, 4.69) is 10.1 Å². The van der Waals surface area contributed by atoms with Crippen LogP contribution in [0.4, 0.5) is 5.69 Å². The third-order valence-corrected chi connectivity index (χ3v) is 2.76. The molecule has 0 bridgehead atoms. The van der Waals surface area contributed by atoms with Gasteiger partial charge in [-0.1, -0.05) is 0 Å². The lowest BCUT2D eigenvalue weighted by atomic mass is 10.2. The molecule has 1 saturated heterocycles. The smallest absolute Gasteiger partial charge is 0.297 e. The molecular formula is C9H15ClN4O2. The molecule has 0 radical (unpaired) electrons. The van der Waals surface area contributed by atoms with Gasteiger partial charge in [-0.05, 0) is 26.2 Å². The first kappa shape index (κ1) is 12.8. The normalized spacial score (nSPS) is 15.7. The van der Waals surface area contributed by atoms with Gasteiger partial charge in [0.05, 0.1) is 4.92 Å². The van der Waals surface area contributed by atoms with Crippen LogP contribution in [0.25, 0.3) is 0 Å². The number of hydrogen-bond acceptors (Lipinski definition) is 4. The van der Waals surface area contributed by atoms with Gasteiger partial charge in [-0.3, -0.25) is 15.1 Å². The zero-order chi connectivity index (χ0) is 10.8. The van der Waals surface area contributed by atoms with Crippen molar-refractivity contribution in [3.8, 4) is 0 Å². The van der Waals surface area contributed by atoms with E-state index in [9.17, 15) is 10.1 Å². The largest absolute Gasteiger partial charge is 0.312 e. The summed E-state index contributed by atoms with van der Waals surface area (Å²) in [6.45, 7) is 3.60. The van der Waals surface area contributed by atoms with Crippen molar-refractivity contribution in [2.24, 2.45) is 0 Å². The fourth-order valence-corrected chi connectivity index (χ4v) is 1.92. The predicted octanol–water partition coefficient (Wildman–Crippen LogP) is 1.64. The molecule has 1 aromatic heterocycles. The van der Waals surface area contributed by atoms with Gasteiger partial charge in [0.25, 0.3) is 0 Å². The van der Waals surface area contributed by atoms with Gasteiger partial charge >= 0.3 is 5.69 Å². The van der Waals surface area contributed by atoms with E-state index in [1.807, 2.05) is 0 Å². The van der Waals surface area contributed by atoms with Gasteiger partial charge in [-0.15, -0.1) is 12.4 Å². The minimum atomic E-state index is -0.386. The highest BCUT2D eigenvalue weighted by atomic mass is 35.5. The molecule has 7 heteroatoms. The number of nitro groups is 1. The van der Waals surface area contributed by atoms with Gasteiger partial charge in [0.15, 0.2) is 0 Å². The molecule has 0 atom stereocenters. The maximum Gasteiger partial charge on any atom is 0.312 e. The van der Waals surface area contributed by atoms with Crippen LogP contribution in [0.3, 0.4) is 0 Å². The number of nitrogens with zero attached hydrogens (tertiary/aromatic N) is 4. The third-order valence-electron chi connectivity index (χ3n) is 2.76. The summed E-state index contributed by atoms with van der Waals surface area (Å²) in [5.74, 6) is 0. The summed E-state index contributed by atoms with van der Waals surface area (Å²) in [6, 6.07) is 0. The van der Waals surface area contributed by atoms with Crippen LogP contribution >= 0.6 is 12.4 Å². The fraction of sp³-hybridized carbons (Fsp3) is 0.667. The Morgan fingerprint density at radius 3 is 2.50 bits per heavy atom. The van der Waals surface area contributed by atoms with Crippen molar-refractivity contribution in [2.45, 2.75) is 26.2 Å². The molecule has 1 aromatic rings. The molecule has 1 aliphatic rings. The van der Waals surface area contributed by atoms with Crippen LogP contribution in [0.15, 0.2) is 6.20 Å². The van der Waals surface area contributed by atoms with E-state index in [0.29, 0.717) is 5.69 Å². The zero-order valence-electron chi connectivity index (χ0n) is 9.13. The number of halogens is 1. The highest BCUT2D eigenvalue weighted by molar-refractivity contribution is 5.85. The minimum absolute atomic E-state index is 0. The van der Waals surface area contributed by atoms with E-state index >= 15 is 0 Å². The summed E-state index contributed by atoms with van der Waals surface area (Å²) in [5.41, 5.74) is 0.711. The maximum absolute atomic E-state index is 10.7. The van der Waals surface area contributed by atoms with Crippen LogP contribution in [0.1, 0.15) is 25.0 Å². The first-order valence-corrected chi connectivity index (χ1v) is 5.14. The number of piperidine rings is 1. The predicted molar refractivity (Wildman–Crippen MR) is 62.7 cm³/mol. The molecule has 0 unspecified atom stereocenters. The van der Waals surface area contributed by atoms with Crippen molar-refractivity contribution in [3.63, 3.8) is 0 Å². The second-order valence-corrected chi connectivity index (χ2v) is 3.78. The fourth-order valence-electron chi connectivity index (χ4n) is 1.92. The Balaban J connectivity index is 0.00000128. The van der Waals surface area contributed by atoms with Crippen molar-refractivity contribution >= 4 is 18.1 Å². The van der Waals surface area contributed by atoms with Gasteiger partial charge in [0, 0.05) is 13.1 Å². The van der Waals surface area contributed by atoms with Gasteiger partial charge in [0.1, 0.15) is 11.9 Å². The monoisotopic (exact) mass is 246 g/mol. The minimum Gasteiger partial charge on any atom is -0.297 e. The zero-order valence-corrected chi connectivity index (χ0v) is 9.94. The van der Waals surface area contributed by atoms with E-state index in [1.165, 1.54) is 12.6 Å². The second kappa shape index (κ2) is 5.16. The van der Waals surface area contributed by atoms with Gasteiger partial charge < -0.3 is 0 Å². The molecule has 0 N–H and O–H groups in total. The Bertz CT molecular complexity index is 374. The van der Waals surface area contributed by atoms with E-state index in [1.54, 1.807) is 11.7 Å². The number of hydrogen-bond donors (Lipinski definition) is 0. The van der Waals surface area contributed by atoms with E-state index in [0.717, 1.165) is 25.9 Å². The summed E-state index contributed by atoms with van der Waals surface area (Å²) >= 11 is 0. The Kier molecular flexibility index (Phi) is 4.12. The lowest BCUT2D eigenvalue weighted by Crippen LogP contribution is -2.40. The van der Waals surface area contributed by atoms with E-state index in [-0.39, 0.29) is 23.0 Å².